The molecular weight excluding hydrogens is 264 g/mol. The topological polar surface area (TPSA) is 110 Å². The predicted octanol–water partition coefficient (Wildman–Crippen LogP) is 0.685. The minimum Gasteiger partial charge on any atom is -0.388 e. The Balaban J connectivity index is 2.73. The molecule has 0 aliphatic rings. The van der Waals surface area contributed by atoms with Crippen LogP contribution in [0.5, 0.6) is 0 Å². The number of hydrogen-bond donors (Lipinski definition) is 2. The van der Waals surface area contributed by atoms with Crippen molar-refractivity contribution < 1.29 is 14.8 Å². The number of carbonyl (C=O) groups is 1. The standard InChI is InChI=1S/C12H20N4O4/c1-5-12(4,18)7-13-10(17)6-15-9(3)11(16(19)20)8(2)14-15/h18H,5-7H2,1-4H3,(H,13,17). The highest BCUT2D eigenvalue weighted by molar-refractivity contribution is 5.75. The van der Waals surface area contributed by atoms with Gasteiger partial charge in [-0.05, 0) is 27.2 Å². The minimum atomic E-state index is -0.962. The Hall–Kier alpha value is -1.96. The number of nitro groups is 1. The summed E-state index contributed by atoms with van der Waals surface area (Å²) >= 11 is 0. The van der Waals surface area contributed by atoms with Gasteiger partial charge < -0.3 is 10.4 Å². The van der Waals surface area contributed by atoms with Crippen LogP contribution in [0, 0.1) is 24.0 Å². The lowest BCUT2D eigenvalue weighted by atomic mass is 10.0. The van der Waals surface area contributed by atoms with E-state index in [4.69, 9.17) is 0 Å². The Morgan fingerprint density at radius 3 is 2.60 bits per heavy atom. The van der Waals surface area contributed by atoms with E-state index in [1.54, 1.807) is 13.8 Å². The van der Waals surface area contributed by atoms with Gasteiger partial charge in [0.25, 0.3) is 0 Å². The monoisotopic (exact) mass is 284 g/mol. The first kappa shape index (κ1) is 16.1. The van der Waals surface area contributed by atoms with Crippen LogP contribution in [0.4, 0.5) is 5.69 Å². The fourth-order valence-electron chi connectivity index (χ4n) is 1.71. The van der Waals surface area contributed by atoms with Crippen LogP contribution in [-0.2, 0) is 11.3 Å². The van der Waals surface area contributed by atoms with Crippen molar-refractivity contribution >= 4 is 11.6 Å². The second-order valence-electron chi connectivity index (χ2n) is 5.06. The molecule has 1 atom stereocenters. The average molecular weight is 284 g/mol. The Morgan fingerprint density at radius 1 is 1.55 bits per heavy atom. The van der Waals surface area contributed by atoms with Crippen molar-refractivity contribution in [3.63, 3.8) is 0 Å². The van der Waals surface area contributed by atoms with E-state index in [1.807, 2.05) is 6.92 Å². The van der Waals surface area contributed by atoms with Crippen molar-refractivity contribution in [2.75, 3.05) is 6.54 Å². The van der Waals surface area contributed by atoms with Crippen LogP contribution in [0.1, 0.15) is 31.7 Å². The molecule has 8 nitrogen and oxygen atoms in total. The number of rotatable bonds is 6. The first-order valence-electron chi connectivity index (χ1n) is 6.35. The number of carbonyl (C=O) groups excluding carboxylic acids is 1. The van der Waals surface area contributed by atoms with Crippen molar-refractivity contribution in [2.24, 2.45) is 0 Å². The summed E-state index contributed by atoms with van der Waals surface area (Å²) in [5.41, 5.74) is -0.416. The van der Waals surface area contributed by atoms with Crippen LogP contribution in [0.3, 0.4) is 0 Å². The number of amides is 1. The summed E-state index contributed by atoms with van der Waals surface area (Å²) in [7, 11) is 0. The molecule has 2 N–H and O–H groups in total. The van der Waals surface area contributed by atoms with Gasteiger partial charge in [-0.15, -0.1) is 0 Å². The molecule has 20 heavy (non-hydrogen) atoms. The van der Waals surface area contributed by atoms with Gasteiger partial charge in [0.15, 0.2) is 0 Å². The second kappa shape index (κ2) is 6.00. The van der Waals surface area contributed by atoms with Gasteiger partial charge in [0.2, 0.25) is 5.91 Å². The molecule has 1 unspecified atom stereocenters. The molecule has 112 valence electrons. The van der Waals surface area contributed by atoms with E-state index in [9.17, 15) is 20.0 Å². The maximum Gasteiger partial charge on any atom is 0.312 e. The Morgan fingerprint density at radius 2 is 2.15 bits per heavy atom. The minimum absolute atomic E-state index is 0.0710. The van der Waals surface area contributed by atoms with Gasteiger partial charge in [0.05, 0.1) is 10.5 Å². The van der Waals surface area contributed by atoms with Gasteiger partial charge in [0, 0.05) is 6.54 Å². The highest BCUT2D eigenvalue weighted by Gasteiger charge is 2.23. The van der Waals surface area contributed by atoms with Crippen LogP contribution < -0.4 is 5.32 Å². The van der Waals surface area contributed by atoms with Crippen LogP contribution in [-0.4, -0.2) is 37.9 Å². The van der Waals surface area contributed by atoms with E-state index in [0.717, 1.165) is 0 Å². The van der Waals surface area contributed by atoms with Crippen molar-refractivity contribution in [1.29, 1.82) is 0 Å². The number of aliphatic hydroxyl groups is 1. The molecule has 0 bridgehead atoms. The number of aryl methyl sites for hydroxylation is 1. The van der Waals surface area contributed by atoms with E-state index in [-0.39, 0.29) is 30.4 Å². The van der Waals surface area contributed by atoms with Crippen molar-refractivity contribution in [2.45, 2.75) is 46.3 Å². The molecule has 0 fully saturated rings. The highest BCUT2D eigenvalue weighted by Crippen LogP contribution is 2.21. The normalized spacial score (nSPS) is 13.8. The quantitative estimate of drug-likeness (QED) is 0.589. The molecule has 1 amide bonds. The summed E-state index contributed by atoms with van der Waals surface area (Å²) < 4.78 is 1.30. The molecular formula is C12H20N4O4. The molecule has 0 aromatic carbocycles. The van der Waals surface area contributed by atoms with Gasteiger partial charge in [-0.1, -0.05) is 6.92 Å². The number of nitrogens with one attached hydrogen (secondary N) is 1. The molecule has 1 aromatic heterocycles. The molecule has 0 spiro atoms. The fourth-order valence-corrected chi connectivity index (χ4v) is 1.71. The third kappa shape index (κ3) is 3.77. The van der Waals surface area contributed by atoms with Gasteiger partial charge in [-0.3, -0.25) is 19.6 Å². The van der Waals surface area contributed by atoms with Gasteiger partial charge >= 0.3 is 5.69 Å². The lowest BCUT2D eigenvalue weighted by Crippen LogP contribution is -2.41. The van der Waals surface area contributed by atoms with Crippen LogP contribution in [0.25, 0.3) is 0 Å². The van der Waals surface area contributed by atoms with E-state index >= 15 is 0 Å². The number of hydrogen-bond acceptors (Lipinski definition) is 5. The summed E-state index contributed by atoms with van der Waals surface area (Å²) in [5.74, 6) is -0.348. The largest absolute Gasteiger partial charge is 0.388 e. The third-order valence-corrected chi connectivity index (χ3v) is 3.25. The van der Waals surface area contributed by atoms with Gasteiger partial charge in [-0.25, -0.2) is 0 Å². The zero-order valence-electron chi connectivity index (χ0n) is 12.1. The maximum atomic E-state index is 11.8. The van der Waals surface area contributed by atoms with Gasteiger partial charge in [-0.2, -0.15) is 5.10 Å². The van der Waals surface area contributed by atoms with Crippen LogP contribution in [0.2, 0.25) is 0 Å². The lowest BCUT2D eigenvalue weighted by molar-refractivity contribution is -0.386. The smallest absolute Gasteiger partial charge is 0.312 e. The number of aromatic nitrogens is 2. The molecule has 1 aromatic rings. The van der Waals surface area contributed by atoms with Crippen molar-refractivity contribution in [3.05, 3.63) is 21.5 Å². The van der Waals surface area contributed by atoms with E-state index in [2.05, 4.69) is 10.4 Å². The molecule has 0 saturated carbocycles. The first-order valence-corrected chi connectivity index (χ1v) is 6.35. The van der Waals surface area contributed by atoms with Crippen molar-refractivity contribution in [1.82, 2.24) is 15.1 Å². The van der Waals surface area contributed by atoms with Crippen molar-refractivity contribution in [3.8, 4) is 0 Å². The molecule has 0 aliphatic carbocycles. The molecule has 0 radical (unpaired) electrons. The SMILES string of the molecule is CCC(C)(O)CNC(=O)Cn1nc(C)c([N+](=O)[O-])c1C. The Labute approximate surface area is 116 Å². The molecule has 1 heterocycles. The first-order chi connectivity index (χ1) is 9.18. The summed E-state index contributed by atoms with van der Waals surface area (Å²) in [6, 6.07) is 0. The average Bonchev–Trinajstić information content (AvgIpc) is 2.62. The number of nitrogens with zero attached hydrogens (tertiary/aromatic N) is 3. The lowest BCUT2D eigenvalue weighted by Gasteiger charge is -2.21. The molecule has 8 heteroatoms. The molecule has 1 rings (SSSR count). The summed E-state index contributed by atoms with van der Waals surface area (Å²) in [6.07, 6.45) is 0.513. The summed E-state index contributed by atoms with van der Waals surface area (Å²) in [6.45, 7) is 6.54. The summed E-state index contributed by atoms with van der Waals surface area (Å²) in [4.78, 5) is 22.1. The Kier molecular flexibility index (Phi) is 4.83. The zero-order valence-corrected chi connectivity index (χ0v) is 12.1. The highest BCUT2D eigenvalue weighted by atomic mass is 16.6. The fraction of sp³-hybridized carbons (Fsp3) is 0.667. The second-order valence-corrected chi connectivity index (χ2v) is 5.06. The van der Waals surface area contributed by atoms with Crippen LogP contribution in [0.15, 0.2) is 0 Å². The maximum absolute atomic E-state index is 11.8. The molecule has 0 aliphatic heterocycles. The molecule has 0 saturated heterocycles. The summed E-state index contributed by atoms with van der Waals surface area (Å²) in [5, 5.41) is 27.2. The van der Waals surface area contributed by atoms with E-state index in [0.29, 0.717) is 12.1 Å². The van der Waals surface area contributed by atoms with Gasteiger partial charge in [0.1, 0.15) is 17.9 Å². The van der Waals surface area contributed by atoms with E-state index in [1.165, 1.54) is 11.6 Å². The van der Waals surface area contributed by atoms with E-state index < -0.39 is 10.5 Å². The zero-order chi connectivity index (χ0) is 15.5. The predicted molar refractivity (Wildman–Crippen MR) is 72.3 cm³/mol. The Bertz CT molecular complexity index is 522. The van der Waals surface area contributed by atoms with Crippen LogP contribution >= 0.6 is 0 Å². The third-order valence-electron chi connectivity index (χ3n) is 3.25.